The van der Waals surface area contributed by atoms with E-state index in [0.29, 0.717) is 0 Å². The Morgan fingerprint density at radius 2 is 2.19 bits per heavy atom. The molecule has 0 radical (unpaired) electrons. The van der Waals surface area contributed by atoms with Gasteiger partial charge in [0.25, 0.3) is 0 Å². The molecule has 0 saturated heterocycles. The molecular weight excluding hydrogens is 280 g/mol. The van der Waals surface area contributed by atoms with E-state index in [0.717, 1.165) is 12.1 Å². The predicted molar refractivity (Wildman–Crippen MR) is 94.7 cm³/mol. The average molecular weight is 302 g/mol. The molecule has 0 atom stereocenters. The van der Waals surface area contributed by atoms with Crippen molar-refractivity contribution in [3.05, 3.63) is 35.4 Å². The van der Waals surface area contributed by atoms with E-state index < -0.39 is 0 Å². The van der Waals surface area contributed by atoms with E-state index in [1.165, 1.54) is 16.8 Å². The van der Waals surface area contributed by atoms with E-state index in [4.69, 9.17) is 18.0 Å². The molecule has 1 aliphatic heterocycles. The molecule has 1 heterocycles. The van der Waals surface area contributed by atoms with E-state index in [9.17, 15) is 0 Å². The van der Waals surface area contributed by atoms with Crippen molar-refractivity contribution in [1.82, 2.24) is 5.43 Å². The van der Waals surface area contributed by atoms with Gasteiger partial charge < -0.3 is 10.6 Å². The Morgan fingerprint density at radius 3 is 2.81 bits per heavy atom. The highest BCUT2D eigenvalue weighted by Crippen LogP contribution is 2.38. The van der Waals surface area contributed by atoms with Crippen molar-refractivity contribution in [3.8, 4) is 0 Å². The van der Waals surface area contributed by atoms with Gasteiger partial charge in [-0.1, -0.05) is 12.1 Å². The number of nitrogens with one attached hydrogen (secondary N) is 1. The first-order chi connectivity index (χ1) is 9.85. The standard InChI is InChI=1S/C16H22N4S/c1-5-20-14-7-6-12(10-18-19-15(17)21)8-13(14)11(2)9-16(20,3)4/h6-10H,5H2,1-4H3,(H3,17,19,21)/b18-10+. The third-order valence-corrected chi connectivity index (χ3v) is 3.80. The number of rotatable bonds is 3. The summed E-state index contributed by atoms with van der Waals surface area (Å²) in [5.74, 6) is 0. The van der Waals surface area contributed by atoms with Gasteiger partial charge in [0.1, 0.15) is 0 Å². The van der Waals surface area contributed by atoms with Gasteiger partial charge in [-0.2, -0.15) is 5.10 Å². The molecule has 1 aliphatic rings. The summed E-state index contributed by atoms with van der Waals surface area (Å²) < 4.78 is 0. The Morgan fingerprint density at radius 1 is 1.48 bits per heavy atom. The van der Waals surface area contributed by atoms with Crippen LogP contribution in [-0.2, 0) is 0 Å². The number of thiocarbonyl (C=S) groups is 1. The van der Waals surface area contributed by atoms with Gasteiger partial charge in [-0.3, -0.25) is 5.43 Å². The minimum Gasteiger partial charge on any atom is -0.375 e. The Bertz CT molecular complexity index is 617. The lowest BCUT2D eigenvalue weighted by Gasteiger charge is -2.42. The predicted octanol–water partition coefficient (Wildman–Crippen LogP) is 2.88. The number of fused-ring (bicyclic) bond motifs is 1. The van der Waals surface area contributed by atoms with E-state index in [-0.39, 0.29) is 10.7 Å². The molecule has 0 bridgehead atoms. The van der Waals surface area contributed by atoms with Crippen LogP contribution in [0.5, 0.6) is 0 Å². The van der Waals surface area contributed by atoms with Gasteiger partial charge in [-0.05, 0) is 63.2 Å². The molecule has 4 nitrogen and oxygen atoms in total. The first-order valence-electron chi connectivity index (χ1n) is 7.05. The fourth-order valence-electron chi connectivity index (χ4n) is 2.93. The average Bonchev–Trinajstić information content (AvgIpc) is 2.38. The number of hydrogen-bond donors (Lipinski definition) is 2. The van der Waals surface area contributed by atoms with Gasteiger partial charge in [-0.25, -0.2) is 0 Å². The Labute approximate surface area is 131 Å². The van der Waals surface area contributed by atoms with E-state index in [1.54, 1.807) is 6.21 Å². The molecule has 112 valence electrons. The van der Waals surface area contributed by atoms with Crippen molar-refractivity contribution >= 4 is 34.8 Å². The van der Waals surface area contributed by atoms with Gasteiger partial charge >= 0.3 is 0 Å². The number of likely N-dealkylation sites (N-methyl/N-ethyl adjacent to an activating group) is 1. The molecule has 5 heteroatoms. The number of nitrogens with zero attached hydrogens (tertiary/aromatic N) is 2. The van der Waals surface area contributed by atoms with Crippen molar-refractivity contribution in [2.75, 3.05) is 11.4 Å². The van der Waals surface area contributed by atoms with Crippen LogP contribution >= 0.6 is 12.2 Å². The lowest BCUT2D eigenvalue weighted by molar-refractivity contribution is 0.566. The van der Waals surface area contributed by atoms with E-state index >= 15 is 0 Å². The maximum Gasteiger partial charge on any atom is 0.184 e. The molecule has 21 heavy (non-hydrogen) atoms. The molecule has 1 aromatic carbocycles. The molecule has 1 aromatic rings. The van der Waals surface area contributed by atoms with Crippen LogP contribution < -0.4 is 16.1 Å². The SMILES string of the molecule is CCN1c2ccc(/C=N/NC(N)=S)cc2C(C)=CC1(C)C. The smallest absolute Gasteiger partial charge is 0.184 e. The minimum absolute atomic E-state index is 0.0364. The largest absolute Gasteiger partial charge is 0.375 e. The summed E-state index contributed by atoms with van der Waals surface area (Å²) in [4.78, 5) is 2.41. The monoisotopic (exact) mass is 302 g/mol. The van der Waals surface area contributed by atoms with Gasteiger partial charge in [0.15, 0.2) is 5.11 Å². The van der Waals surface area contributed by atoms with Crippen molar-refractivity contribution in [2.45, 2.75) is 33.2 Å². The molecule has 0 aromatic heterocycles. The molecule has 0 amide bonds. The molecular formula is C16H22N4S. The summed E-state index contributed by atoms with van der Waals surface area (Å²) in [5, 5.41) is 4.17. The molecule has 2 rings (SSSR count). The third kappa shape index (κ3) is 3.24. The highest BCUT2D eigenvalue weighted by molar-refractivity contribution is 7.80. The molecule has 3 N–H and O–H groups in total. The van der Waals surface area contributed by atoms with Gasteiger partial charge in [-0.15, -0.1) is 0 Å². The van der Waals surface area contributed by atoms with Crippen LogP contribution in [0.1, 0.15) is 38.8 Å². The van der Waals surface area contributed by atoms with E-state index in [2.05, 4.69) is 67.4 Å². The second kappa shape index (κ2) is 5.85. The number of hydrogen-bond acceptors (Lipinski definition) is 3. The molecule has 0 fully saturated rings. The number of anilines is 1. The lowest BCUT2D eigenvalue weighted by atomic mass is 9.88. The van der Waals surface area contributed by atoms with Crippen LogP contribution in [0, 0.1) is 0 Å². The zero-order valence-electron chi connectivity index (χ0n) is 13.0. The summed E-state index contributed by atoms with van der Waals surface area (Å²) in [5.41, 5.74) is 12.8. The fraction of sp³-hybridized carbons (Fsp3) is 0.375. The Kier molecular flexibility index (Phi) is 4.32. The maximum absolute atomic E-state index is 5.35. The van der Waals surface area contributed by atoms with Crippen molar-refractivity contribution in [3.63, 3.8) is 0 Å². The normalized spacial score (nSPS) is 16.6. The van der Waals surface area contributed by atoms with Crippen LogP contribution in [-0.4, -0.2) is 23.4 Å². The summed E-state index contributed by atoms with van der Waals surface area (Å²) in [6, 6.07) is 6.35. The highest BCUT2D eigenvalue weighted by Gasteiger charge is 2.29. The Balaban J connectivity index is 2.38. The quantitative estimate of drug-likeness (QED) is 0.512. The summed E-state index contributed by atoms with van der Waals surface area (Å²) in [7, 11) is 0. The zero-order chi connectivity index (χ0) is 15.6. The summed E-state index contributed by atoms with van der Waals surface area (Å²) in [6.45, 7) is 9.79. The molecule has 0 unspecified atom stereocenters. The first kappa shape index (κ1) is 15.5. The van der Waals surface area contributed by atoms with Crippen molar-refractivity contribution in [1.29, 1.82) is 0 Å². The Hall–Kier alpha value is -1.88. The fourth-order valence-corrected chi connectivity index (χ4v) is 2.98. The van der Waals surface area contributed by atoms with Crippen LogP contribution in [0.25, 0.3) is 5.57 Å². The summed E-state index contributed by atoms with van der Waals surface area (Å²) in [6.07, 6.45) is 4.04. The van der Waals surface area contributed by atoms with Gasteiger partial charge in [0.05, 0.1) is 11.8 Å². The lowest BCUT2D eigenvalue weighted by Crippen LogP contribution is -2.44. The van der Waals surface area contributed by atoms with Crippen LogP contribution in [0.2, 0.25) is 0 Å². The van der Waals surface area contributed by atoms with Crippen LogP contribution in [0.3, 0.4) is 0 Å². The number of allylic oxidation sites excluding steroid dienone is 1. The van der Waals surface area contributed by atoms with Crippen molar-refractivity contribution in [2.24, 2.45) is 10.8 Å². The minimum atomic E-state index is 0.0364. The maximum atomic E-state index is 5.35. The zero-order valence-corrected chi connectivity index (χ0v) is 13.8. The van der Waals surface area contributed by atoms with Crippen LogP contribution in [0.4, 0.5) is 5.69 Å². The number of nitrogens with two attached hydrogens (primary N) is 1. The molecule has 0 spiro atoms. The second-order valence-corrected chi connectivity index (χ2v) is 6.18. The van der Waals surface area contributed by atoms with Crippen LogP contribution in [0.15, 0.2) is 29.4 Å². The highest BCUT2D eigenvalue weighted by atomic mass is 32.1. The topological polar surface area (TPSA) is 53.6 Å². The molecule has 0 saturated carbocycles. The van der Waals surface area contributed by atoms with E-state index in [1.807, 2.05) is 0 Å². The van der Waals surface area contributed by atoms with Crippen molar-refractivity contribution < 1.29 is 0 Å². The third-order valence-electron chi connectivity index (χ3n) is 3.71. The number of benzene rings is 1. The molecule has 0 aliphatic carbocycles. The van der Waals surface area contributed by atoms with Gasteiger partial charge in [0, 0.05) is 17.8 Å². The van der Waals surface area contributed by atoms with Gasteiger partial charge in [0.2, 0.25) is 0 Å². The number of hydrazone groups is 1. The first-order valence-corrected chi connectivity index (χ1v) is 7.46. The second-order valence-electron chi connectivity index (χ2n) is 5.74. The summed E-state index contributed by atoms with van der Waals surface area (Å²) >= 11 is 4.72.